The van der Waals surface area contributed by atoms with Gasteiger partial charge in [0.1, 0.15) is 17.1 Å². The summed E-state index contributed by atoms with van der Waals surface area (Å²) in [6.07, 6.45) is 4.71. The van der Waals surface area contributed by atoms with Gasteiger partial charge in [0.25, 0.3) is 5.92 Å². The second-order valence-electron chi connectivity index (χ2n) is 15.2. The van der Waals surface area contributed by atoms with E-state index in [-0.39, 0.29) is 80.7 Å². The summed E-state index contributed by atoms with van der Waals surface area (Å²) in [4.78, 5) is 13.6. The van der Waals surface area contributed by atoms with E-state index in [4.69, 9.17) is 9.72 Å². The Morgan fingerprint density at radius 1 is 0.980 bits per heavy atom. The topological polar surface area (TPSA) is 97.5 Å². The highest BCUT2D eigenvalue weighted by molar-refractivity contribution is 6.03. The number of benzene rings is 3. The number of hydrogen-bond acceptors (Lipinski definition) is 8. The van der Waals surface area contributed by atoms with Crippen molar-refractivity contribution in [3.8, 4) is 29.0 Å². The summed E-state index contributed by atoms with van der Waals surface area (Å²) in [6.45, 7) is 3.40. The highest BCUT2D eigenvalue weighted by Crippen LogP contribution is 2.66. The zero-order valence-corrected chi connectivity index (χ0v) is 27.2. The van der Waals surface area contributed by atoms with Crippen LogP contribution >= 0.6 is 0 Å². The Morgan fingerprint density at radius 2 is 1.70 bits per heavy atom. The molecule has 2 N–H and O–H groups in total. The number of anilines is 1. The molecule has 8 nitrogen and oxygen atoms in total. The van der Waals surface area contributed by atoms with Crippen molar-refractivity contribution in [2.45, 2.75) is 63.0 Å². The van der Waals surface area contributed by atoms with Crippen LogP contribution in [0.15, 0.2) is 30.3 Å². The maximum atomic E-state index is 17.0. The molecule has 4 aromatic rings. The fourth-order valence-corrected chi connectivity index (χ4v) is 8.68. The van der Waals surface area contributed by atoms with Gasteiger partial charge >= 0.3 is 6.01 Å². The normalized spacial score (nSPS) is 24.5. The molecule has 260 valence electrons. The van der Waals surface area contributed by atoms with Crippen LogP contribution in [0.4, 0.5) is 27.8 Å². The number of phenols is 1. The van der Waals surface area contributed by atoms with Crippen molar-refractivity contribution in [1.29, 1.82) is 5.26 Å². The number of aromatic hydroxyl groups is 1. The molecule has 2 bridgehead atoms. The minimum Gasteiger partial charge on any atom is -0.508 e. The summed E-state index contributed by atoms with van der Waals surface area (Å²) in [5, 5.41) is 24.5. The number of phenolic OH excluding ortho intramolecular Hbond substituents is 1. The molecule has 9 rings (SSSR count). The fraction of sp³-hybridized carbons (Fsp3) is 0.486. The number of fused-ring (bicyclic) bond motifs is 4. The van der Waals surface area contributed by atoms with Gasteiger partial charge in [0.2, 0.25) is 0 Å². The first-order chi connectivity index (χ1) is 24.0. The van der Waals surface area contributed by atoms with Crippen molar-refractivity contribution in [2.24, 2.45) is 10.8 Å². The Morgan fingerprint density at radius 3 is 2.36 bits per heavy atom. The Bertz CT molecular complexity index is 2100. The summed E-state index contributed by atoms with van der Waals surface area (Å²) >= 11 is 0. The molecule has 1 spiro atoms. The molecule has 2 unspecified atom stereocenters. The van der Waals surface area contributed by atoms with E-state index in [9.17, 15) is 23.5 Å². The van der Waals surface area contributed by atoms with Crippen LogP contribution in [0.5, 0.6) is 11.8 Å². The van der Waals surface area contributed by atoms with Crippen LogP contribution in [0.1, 0.15) is 50.5 Å². The van der Waals surface area contributed by atoms with Gasteiger partial charge in [-0.15, -0.1) is 0 Å². The largest absolute Gasteiger partial charge is 0.508 e. The monoisotopic (exact) mass is 690 g/mol. The first kappa shape index (κ1) is 31.7. The van der Waals surface area contributed by atoms with E-state index in [0.29, 0.717) is 51.4 Å². The number of nitrogens with zero attached hydrogens (tertiary/aromatic N) is 5. The van der Waals surface area contributed by atoms with Crippen LogP contribution in [0, 0.1) is 39.6 Å². The van der Waals surface area contributed by atoms with Crippen molar-refractivity contribution in [1.82, 2.24) is 20.2 Å². The molecule has 5 fully saturated rings. The van der Waals surface area contributed by atoms with Crippen molar-refractivity contribution in [3.63, 3.8) is 0 Å². The number of nitrogens with one attached hydrogen (secondary N) is 1. The van der Waals surface area contributed by atoms with Crippen molar-refractivity contribution >= 4 is 27.5 Å². The summed E-state index contributed by atoms with van der Waals surface area (Å²) in [5.41, 5.74) is -1.81. The van der Waals surface area contributed by atoms with Gasteiger partial charge < -0.3 is 25.0 Å². The van der Waals surface area contributed by atoms with E-state index in [1.54, 1.807) is 0 Å². The summed E-state index contributed by atoms with van der Waals surface area (Å²) in [7, 11) is 0. The minimum atomic E-state index is -2.55. The van der Waals surface area contributed by atoms with Crippen LogP contribution < -0.4 is 15.0 Å². The van der Waals surface area contributed by atoms with Crippen molar-refractivity contribution in [3.05, 3.63) is 53.3 Å². The molecule has 3 aromatic carbocycles. The Kier molecular flexibility index (Phi) is 7.04. The zero-order valence-electron chi connectivity index (χ0n) is 27.2. The van der Waals surface area contributed by atoms with Crippen LogP contribution in [-0.2, 0) is 0 Å². The molecule has 50 heavy (non-hydrogen) atoms. The SMILES string of the molecule is N#Cc1cc2c(N3CC4CCC(C3)N4)nc(OCC3(CN4CCC5(CC4)CC5(F)F)CC3)nc2c(F)c1-c1cc(O)cc2ccc(F)c(F)c12. The Balaban J connectivity index is 1.10. The van der Waals surface area contributed by atoms with Gasteiger partial charge in [-0.2, -0.15) is 15.2 Å². The molecule has 2 aliphatic carbocycles. The predicted molar refractivity (Wildman–Crippen MR) is 176 cm³/mol. The average Bonchev–Trinajstić information content (AvgIpc) is 3.94. The van der Waals surface area contributed by atoms with Crippen LogP contribution in [0.25, 0.3) is 32.8 Å². The number of alkyl halides is 2. The molecule has 3 aliphatic heterocycles. The first-order valence-corrected chi connectivity index (χ1v) is 17.3. The molecule has 13 heteroatoms. The van der Waals surface area contributed by atoms with Gasteiger partial charge in [-0.3, -0.25) is 0 Å². The van der Waals surface area contributed by atoms with Gasteiger partial charge in [0.15, 0.2) is 17.5 Å². The predicted octanol–water partition coefficient (Wildman–Crippen LogP) is 6.67. The second kappa shape index (κ2) is 11.1. The highest BCUT2D eigenvalue weighted by Gasteiger charge is 2.70. The van der Waals surface area contributed by atoms with E-state index >= 15 is 8.78 Å². The Hall–Kier alpha value is -4.28. The number of rotatable bonds is 7. The molecule has 2 saturated carbocycles. The van der Waals surface area contributed by atoms with Crippen molar-refractivity contribution in [2.75, 3.05) is 44.2 Å². The number of hydrogen-bond donors (Lipinski definition) is 2. The zero-order chi connectivity index (χ0) is 34.6. The summed E-state index contributed by atoms with van der Waals surface area (Å²) < 4.78 is 81.0. The maximum absolute atomic E-state index is 17.0. The molecular weight excluding hydrogens is 655 g/mol. The third-order valence-corrected chi connectivity index (χ3v) is 11.8. The first-order valence-electron chi connectivity index (χ1n) is 17.3. The lowest BCUT2D eigenvalue weighted by atomic mass is 9.92. The molecular formula is C37H35F5N6O2. The van der Waals surface area contributed by atoms with Gasteiger partial charge in [-0.25, -0.2) is 22.0 Å². The van der Waals surface area contributed by atoms with Gasteiger partial charge in [0, 0.05) is 70.9 Å². The van der Waals surface area contributed by atoms with E-state index < -0.39 is 28.8 Å². The lowest BCUT2D eigenvalue weighted by Gasteiger charge is -2.35. The van der Waals surface area contributed by atoms with Crippen LogP contribution in [-0.4, -0.2) is 77.3 Å². The molecule has 4 heterocycles. The lowest BCUT2D eigenvalue weighted by molar-refractivity contribution is 0.0252. The van der Waals surface area contributed by atoms with E-state index in [1.165, 1.54) is 18.2 Å². The molecule has 0 radical (unpaired) electrons. The number of piperazine rings is 1. The number of ether oxygens (including phenoxy) is 1. The molecule has 2 atom stereocenters. The summed E-state index contributed by atoms with van der Waals surface area (Å²) in [5.74, 6) is -5.76. The minimum absolute atomic E-state index is 0.0140. The molecule has 0 amide bonds. The molecule has 5 aliphatic rings. The van der Waals surface area contributed by atoms with Gasteiger partial charge in [-0.1, -0.05) is 6.07 Å². The Labute approximate surface area is 284 Å². The molecule has 1 aromatic heterocycles. The van der Waals surface area contributed by atoms with Crippen LogP contribution in [0.3, 0.4) is 0 Å². The third kappa shape index (κ3) is 5.13. The standard InChI is InChI=1S/C37H35F5N6O2/c38-27-4-1-20-11-24(49)13-25(28(20)30(27)39)29-21(14-43)12-26-32(31(29)40)45-34(46-33(26)48-15-22-2-3-23(16-48)44-22)50-19-35(5-6-35)18-47-9-7-36(8-10-47)17-37(36,41)42/h1,4,11-13,22-23,44,49H,2-3,5-10,15-19H2. The maximum Gasteiger partial charge on any atom is 0.319 e. The highest BCUT2D eigenvalue weighted by atomic mass is 19.3. The fourth-order valence-electron chi connectivity index (χ4n) is 8.68. The van der Waals surface area contributed by atoms with E-state index in [1.807, 2.05) is 6.07 Å². The van der Waals surface area contributed by atoms with E-state index in [2.05, 4.69) is 20.1 Å². The smallest absolute Gasteiger partial charge is 0.319 e. The number of halogens is 5. The number of aromatic nitrogens is 2. The molecule has 3 saturated heterocycles. The van der Waals surface area contributed by atoms with Crippen LogP contribution in [0.2, 0.25) is 0 Å². The average molecular weight is 691 g/mol. The lowest BCUT2D eigenvalue weighted by Crippen LogP contribution is -2.51. The number of piperidine rings is 1. The van der Waals surface area contributed by atoms with Gasteiger partial charge in [0.05, 0.1) is 18.2 Å². The summed E-state index contributed by atoms with van der Waals surface area (Å²) in [6, 6.07) is 8.44. The van der Waals surface area contributed by atoms with E-state index in [0.717, 1.165) is 37.8 Å². The van der Waals surface area contributed by atoms with Crippen molar-refractivity contribution < 1.29 is 31.8 Å². The quantitative estimate of drug-likeness (QED) is 0.208. The number of likely N-dealkylation sites (tertiary alicyclic amines) is 1. The second-order valence-corrected chi connectivity index (χ2v) is 15.2. The van der Waals surface area contributed by atoms with Gasteiger partial charge in [-0.05, 0) is 81.3 Å². The number of nitriles is 1. The third-order valence-electron chi connectivity index (χ3n) is 11.8.